The molecule has 1 unspecified atom stereocenters. The highest BCUT2D eigenvalue weighted by Crippen LogP contribution is 2.46. The van der Waals surface area contributed by atoms with Crippen LogP contribution in [0.2, 0.25) is 5.02 Å². The number of aryl methyl sites for hydroxylation is 1. The van der Waals surface area contributed by atoms with Gasteiger partial charge in [-0.2, -0.15) is 0 Å². The van der Waals surface area contributed by atoms with E-state index in [9.17, 15) is 9.59 Å². The van der Waals surface area contributed by atoms with Gasteiger partial charge in [0.25, 0.3) is 0 Å². The molecule has 0 aromatic heterocycles. The molecule has 0 saturated heterocycles. The first-order chi connectivity index (χ1) is 32.8. The number of esters is 1. The second kappa shape index (κ2) is 19.8. The molecule has 0 aliphatic heterocycles. The van der Waals surface area contributed by atoms with Crippen LogP contribution in [-0.4, -0.2) is 30.6 Å². The molecule has 0 spiro atoms. The van der Waals surface area contributed by atoms with Crippen LogP contribution in [0.3, 0.4) is 0 Å². The van der Waals surface area contributed by atoms with E-state index in [0.29, 0.717) is 21.7 Å². The molecule has 2 N–H and O–H groups in total. The number of hydrogen-bond acceptors (Lipinski definition) is 5. The number of nitrogens with one attached hydrogen (secondary N) is 2. The molecular formula is C59H49ClN2O5. The summed E-state index contributed by atoms with van der Waals surface area (Å²) in [7, 11) is 0. The van der Waals surface area contributed by atoms with Crippen molar-refractivity contribution in [3.63, 3.8) is 0 Å². The lowest BCUT2D eigenvalue weighted by atomic mass is 9.77. The van der Waals surface area contributed by atoms with Crippen molar-refractivity contribution in [2.24, 2.45) is 0 Å². The van der Waals surface area contributed by atoms with E-state index < -0.39 is 29.2 Å². The predicted molar refractivity (Wildman–Crippen MR) is 264 cm³/mol. The van der Waals surface area contributed by atoms with Crippen LogP contribution >= 0.6 is 11.6 Å². The summed E-state index contributed by atoms with van der Waals surface area (Å²) in [4.78, 5) is 44.2. The fourth-order valence-electron chi connectivity index (χ4n) is 9.44. The number of benzene rings is 8. The average Bonchev–Trinajstić information content (AvgIpc) is 3.70. The molecule has 7 nitrogen and oxygen atoms in total. The first-order valence-corrected chi connectivity index (χ1v) is 22.9. The third-order valence-electron chi connectivity index (χ3n) is 12.7. The number of halogens is 1. The summed E-state index contributed by atoms with van der Waals surface area (Å²) in [5, 5.41) is 6.62. The quantitative estimate of drug-likeness (QED) is 0.0790. The number of fused-ring (bicyclic) bond motifs is 3. The highest BCUT2D eigenvalue weighted by atomic mass is 35.5. The van der Waals surface area contributed by atoms with E-state index >= 15 is 4.79 Å². The monoisotopic (exact) mass is 900 g/mol. The lowest BCUT2D eigenvalue weighted by molar-refractivity contribution is -0.156. The normalized spacial score (nSPS) is 13.3. The van der Waals surface area contributed by atoms with Crippen LogP contribution in [0.25, 0.3) is 11.1 Å². The molecule has 0 fully saturated rings. The first kappa shape index (κ1) is 44.5. The lowest BCUT2D eigenvalue weighted by Gasteiger charge is -2.37. The summed E-state index contributed by atoms with van der Waals surface area (Å²) in [6.45, 7) is 2.00. The van der Waals surface area contributed by atoms with Gasteiger partial charge in [0.05, 0.1) is 0 Å². The molecule has 8 heteroatoms. The van der Waals surface area contributed by atoms with Gasteiger partial charge < -0.3 is 20.1 Å². The SMILES string of the molecule is Cc1ccc(C(OC(=O)[C@H](CCC(=O)NC(c2ccccc2)(c2ccccc2)c2ccccc2)NC(=O)OCC2c3ccccc3-c3ccccc32)(c2ccccc2)c2ccccc2Cl)cc1. The fourth-order valence-corrected chi connectivity index (χ4v) is 9.71. The van der Waals surface area contributed by atoms with Gasteiger partial charge in [-0.3, -0.25) is 4.79 Å². The van der Waals surface area contributed by atoms with Crippen molar-refractivity contribution < 1.29 is 23.9 Å². The zero-order valence-corrected chi connectivity index (χ0v) is 37.7. The Balaban J connectivity index is 1.07. The van der Waals surface area contributed by atoms with Crippen molar-refractivity contribution in [3.05, 3.63) is 273 Å². The maximum Gasteiger partial charge on any atom is 0.407 e. The predicted octanol–water partition coefficient (Wildman–Crippen LogP) is 12.3. The first-order valence-electron chi connectivity index (χ1n) is 22.5. The van der Waals surface area contributed by atoms with Crippen LogP contribution in [0, 0.1) is 6.92 Å². The Hall–Kier alpha value is -7.74. The van der Waals surface area contributed by atoms with E-state index in [1.165, 1.54) is 0 Å². The number of hydrogen-bond donors (Lipinski definition) is 2. The van der Waals surface area contributed by atoms with Gasteiger partial charge >= 0.3 is 12.1 Å². The van der Waals surface area contributed by atoms with Gasteiger partial charge in [0.1, 0.15) is 18.2 Å². The van der Waals surface area contributed by atoms with Crippen LogP contribution in [0.15, 0.2) is 218 Å². The number of alkyl carbamates (subject to hydrolysis) is 1. The lowest BCUT2D eigenvalue weighted by Crippen LogP contribution is -2.49. The largest absolute Gasteiger partial charge is 0.449 e. The molecule has 67 heavy (non-hydrogen) atoms. The second-order valence-electron chi connectivity index (χ2n) is 16.8. The Kier molecular flexibility index (Phi) is 13.1. The van der Waals surface area contributed by atoms with Crippen LogP contribution in [0.5, 0.6) is 0 Å². The van der Waals surface area contributed by atoms with E-state index in [2.05, 4.69) is 22.8 Å². The smallest absolute Gasteiger partial charge is 0.407 e. The van der Waals surface area contributed by atoms with Gasteiger partial charge in [0.2, 0.25) is 5.91 Å². The van der Waals surface area contributed by atoms with Crippen LogP contribution < -0.4 is 10.6 Å². The van der Waals surface area contributed by atoms with Gasteiger partial charge in [-0.25, -0.2) is 9.59 Å². The summed E-state index contributed by atoms with van der Waals surface area (Å²) in [5.41, 5.74) is 6.95. The Bertz CT molecular complexity index is 2840. The minimum Gasteiger partial charge on any atom is -0.449 e. The summed E-state index contributed by atoms with van der Waals surface area (Å²) in [6.07, 6.45) is -1.13. The van der Waals surface area contributed by atoms with Crippen molar-refractivity contribution in [3.8, 4) is 11.1 Å². The van der Waals surface area contributed by atoms with Gasteiger partial charge in [0, 0.05) is 34.1 Å². The van der Waals surface area contributed by atoms with E-state index in [1.807, 2.05) is 207 Å². The van der Waals surface area contributed by atoms with Crippen molar-refractivity contribution >= 4 is 29.6 Å². The van der Waals surface area contributed by atoms with Crippen LogP contribution in [0.4, 0.5) is 4.79 Å². The molecule has 9 rings (SSSR count). The molecule has 8 aromatic rings. The van der Waals surface area contributed by atoms with E-state index in [4.69, 9.17) is 21.1 Å². The number of ether oxygens (including phenoxy) is 2. The third-order valence-corrected chi connectivity index (χ3v) is 13.0. The topological polar surface area (TPSA) is 93.7 Å². The molecule has 0 radical (unpaired) electrons. The number of carbonyl (C=O) groups is 3. The molecule has 1 aliphatic rings. The molecule has 2 atom stereocenters. The maximum absolute atomic E-state index is 15.3. The zero-order chi connectivity index (χ0) is 46.2. The molecule has 1 aliphatic carbocycles. The van der Waals surface area contributed by atoms with Gasteiger partial charge in [0.15, 0.2) is 5.60 Å². The van der Waals surface area contributed by atoms with E-state index in [0.717, 1.165) is 44.5 Å². The van der Waals surface area contributed by atoms with Gasteiger partial charge in [-0.15, -0.1) is 0 Å². The maximum atomic E-state index is 15.3. The second-order valence-corrected chi connectivity index (χ2v) is 17.2. The zero-order valence-electron chi connectivity index (χ0n) is 37.0. The standard InChI is InChI=1S/C59H49ClN2O5/c1-41-34-36-46(37-35-41)59(45-26-12-5-13-27-45,52-32-18-19-33-53(52)60)67-56(64)54(61-57(65)66-40-51-49-30-16-14-28-47(49)48-29-15-17-31-50(48)51)38-39-55(63)62-58(42-20-6-2-7-21-42,43-22-8-3-9-23-43)44-24-10-4-11-25-44/h2-37,51,54H,38-40H2,1H3,(H,61,65)(H,62,63)/t54-,59?/m0/s1. The Morgan fingerprint density at radius 3 is 1.52 bits per heavy atom. The molecule has 0 bridgehead atoms. The van der Waals surface area contributed by atoms with Crippen LogP contribution in [0.1, 0.15) is 68.8 Å². The minimum atomic E-state index is -1.57. The Morgan fingerprint density at radius 1 is 0.552 bits per heavy atom. The summed E-state index contributed by atoms with van der Waals surface area (Å²) >= 11 is 7.04. The van der Waals surface area contributed by atoms with Crippen molar-refractivity contribution in [2.75, 3.05) is 6.61 Å². The average molecular weight is 902 g/mol. The molecule has 0 saturated carbocycles. The van der Waals surface area contributed by atoms with Crippen LogP contribution in [-0.2, 0) is 30.2 Å². The van der Waals surface area contributed by atoms with Gasteiger partial charge in [-0.1, -0.05) is 229 Å². The van der Waals surface area contributed by atoms with E-state index in [1.54, 1.807) is 6.07 Å². The number of carbonyl (C=O) groups excluding carboxylic acids is 3. The van der Waals surface area contributed by atoms with Crippen molar-refractivity contribution in [1.82, 2.24) is 10.6 Å². The highest BCUT2D eigenvalue weighted by Gasteiger charge is 2.44. The minimum absolute atomic E-state index is 0.0206. The fraction of sp³-hybridized carbons (Fsp3) is 0.136. The Labute approximate surface area is 396 Å². The molecule has 8 aromatic carbocycles. The third kappa shape index (κ3) is 8.99. The highest BCUT2D eigenvalue weighted by molar-refractivity contribution is 6.31. The molecule has 2 amide bonds. The van der Waals surface area contributed by atoms with E-state index in [-0.39, 0.29) is 31.3 Å². The molecule has 332 valence electrons. The number of rotatable bonds is 15. The summed E-state index contributed by atoms with van der Waals surface area (Å²) < 4.78 is 12.9. The summed E-state index contributed by atoms with van der Waals surface area (Å²) in [5.74, 6) is -1.36. The van der Waals surface area contributed by atoms with Crippen molar-refractivity contribution in [2.45, 2.75) is 42.9 Å². The molecular weight excluding hydrogens is 852 g/mol. The molecule has 0 heterocycles. The summed E-state index contributed by atoms with van der Waals surface area (Å²) in [6, 6.07) is 68.6. The van der Waals surface area contributed by atoms with Crippen molar-refractivity contribution in [1.29, 1.82) is 0 Å². The Morgan fingerprint density at radius 2 is 1.00 bits per heavy atom. The van der Waals surface area contributed by atoms with Gasteiger partial charge in [-0.05, 0) is 58.4 Å². The number of amides is 2.